The molecular formula is C21H17N3O3S2. The number of nitrogens with zero attached hydrogens (tertiary/aromatic N) is 1. The lowest BCUT2D eigenvalue weighted by atomic mass is 10.0. The number of rotatable bonds is 6. The summed E-state index contributed by atoms with van der Waals surface area (Å²) in [6, 6.07) is 15.0. The average molecular weight is 424 g/mol. The average Bonchev–Trinajstić information content (AvgIpc) is 3.44. The largest absolute Gasteiger partial charge is 0.501 e. The van der Waals surface area contributed by atoms with Crippen molar-refractivity contribution in [3.05, 3.63) is 91.8 Å². The number of H-pyrrole nitrogens is 1. The first-order chi connectivity index (χ1) is 14.1. The minimum Gasteiger partial charge on any atom is -0.501 e. The van der Waals surface area contributed by atoms with Crippen LogP contribution in [0.1, 0.15) is 27.7 Å². The van der Waals surface area contributed by atoms with Gasteiger partial charge in [-0.2, -0.15) is 11.3 Å². The number of carbonyl (C=O) groups excluding carboxylic acids is 1. The van der Waals surface area contributed by atoms with Crippen molar-refractivity contribution in [1.82, 2.24) is 15.3 Å². The normalized spacial score (nSPS) is 11.9. The molecule has 1 unspecified atom stereocenters. The summed E-state index contributed by atoms with van der Waals surface area (Å²) in [6.45, 7) is 0. The molecule has 0 aliphatic heterocycles. The van der Waals surface area contributed by atoms with Gasteiger partial charge in [-0.1, -0.05) is 36.4 Å². The van der Waals surface area contributed by atoms with Crippen LogP contribution in [0.3, 0.4) is 0 Å². The third-order valence-electron chi connectivity index (χ3n) is 4.40. The Bertz CT molecular complexity index is 1150. The van der Waals surface area contributed by atoms with Crippen molar-refractivity contribution in [2.75, 3.05) is 0 Å². The van der Waals surface area contributed by atoms with Gasteiger partial charge in [-0.15, -0.1) is 11.3 Å². The number of nitrogens with one attached hydrogen (secondary N) is 2. The molecule has 1 aromatic carbocycles. The number of hydrogen-bond donors (Lipinski definition) is 3. The van der Waals surface area contributed by atoms with Crippen LogP contribution in [0.25, 0.3) is 10.7 Å². The van der Waals surface area contributed by atoms with Gasteiger partial charge in [0.15, 0.2) is 11.5 Å². The van der Waals surface area contributed by atoms with E-state index in [0.29, 0.717) is 11.3 Å². The summed E-state index contributed by atoms with van der Waals surface area (Å²) in [7, 11) is 0. The van der Waals surface area contributed by atoms with Gasteiger partial charge < -0.3 is 15.4 Å². The second-order valence-electron chi connectivity index (χ2n) is 6.36. The van der Waals surface area contributed by atoms with Crippen molar-refractivity contribution in [2.24, 2.45) is 0 Å². The van der Waals surface area contributed by atoms with E-state index in [1.807, 2.05) is 58.6 Å². The summed E-state index contributed by atoms with van der Waals surface area (Å²) in [5.74, 6) is -1.03. The van der Waals surface area contributed by atoms with Crippen LogP contribution in [-0.4, -0.2) is 21.0 Å². The topological polar surface area (TPSA) is 95.1 Å². The van der Waals surface area contributed by atoms with Crippen molar-refractivity contribution in [3.63, 3.8) is 0 Å². The third kappa shape index (κ3) is 4.28. The standard InChI is InChI=1S/C21H17N3O3S2/c25-18-17(23-19(24-21(18)27)16-7-4-9-29-16)20(26)22-15(14-8-10-28-12-14)11-13-5-2-1-3-6-13/h1-10,12,15,25H,11H2,(H,22,26)(H,23,24,27). The highest BCUT2D eigenvalue weighted by Gasteiger charge is 2.23. The summed E-state index contributed by atoms with van der Waals surface area (Å²) in [5.41, 5.74) is 0.982. The van der Waals surface area contributed by atoms with Crippen LogP contribution < -0.4 is 10.9 Å². The lowest BCUT2D eigenvalue weighted by molar-refractivity contribution is 0.0928. The maximum absolute atomic E-state index is 13.0. The van der Waals surface area contributed by atoms with E-state index < -0.39 is 17.2 Å². The zero-order chi connectivity index (χ0) is 20.2. The van der Waals surface area contributed by atoms with Gasteiger partial charge in [-0.25, -0.2) is 4.98 Å². The zero-order valence-electron chi connectivity index (χ0n) is 15.2. The second kappa shape index (κ2) is 8.42. The van der Waals surface area contributed by atoms with Crippen LogP contribution in [0.15, 0.2) is 69.5 Å². The van der Waals surface area contributed by atoms with Crippen LogP contribution >= 0.6 is 22.7 Å². The third-order valence-corrected chi connectivity index (χ3v) is 5.98. The van der Waals surface area contributed by atoms with E-state index >= 15 is 0 Å². The summed E-state index contributed by atoms with van der Waals surface area (Å²) in [4.78, 5) is 32.5. The summed E-state index contributed by atoms with van der Waals surface area (Å²) in [5, 5.41) is 18.8. The molecule has 0 saturated heterocycles. The lowest BCUT2D eigenvalue weighted by Gasteiger charge is -2.18. The number of amides is 1. The van der Waals surface area contributed by atoms with Gasteiger partial charge in [0.2, 0.25) is 5.75 Å². The van der Waals surface area contributed by atoms with E-state index in [0.717, 1.165) is 11.1 Å². The summed E-state index contributed by atoms with van der Waals surface area (Å²) in [6.07, 6.45) is 0.574. The molecule has 0 aliphatic rings. The molecule has 1 atom stereocenters. The predicted octanol–water partition coefficient (Wildman–Crippen LogP) is 3.98. The van der Waals surface area contributed by atoms with Crippen molar-refractivity contribution >= 4 is 28.6 Å². The highest BCUT2D eigenvalue weighted by atomic mass is 32.1. The summed E-state index contributed by atoms with van der Waals surface area (Å²) >= 11 is 2.92. The van der Waals surface area contributed by atoms with Gasteiger partial charge in [-0.3, -0.25) is 9.59 Å². The van der Waals surface area contributed by atoms with E-state index in [1.165, 1.54) is 22.7 Å². The first kappa shape index (κ1) is 19.1. The molecule has 146 valence electrons. The molecule has 0 fully saturated rings. The maximum atomic E-state index is 13.0. The molecule has 4 aromatic rings. The fourth-order valence-corrected chi connectivity index (χ4v) is 4.34. The van der Waals surface area contributed by atoms with Gasteiger partial charge >= 0.3 is 0 Å². The Morgan fingerprint density at radius 3 is 2.66 bits per heavy atom. The number of aromatic hydroxyl groups is 1. The zero-order valence-corrected chi connectivity index (χ0v) is 16.8. The summed E-state index contributed by atoms with van der Waals surface area (Å²) < 4.78 is 0. The molecule has 0 saturated carbocycles. The molecule has 4 rings (SSSR count). The number of carbonyl (C=O) groups is 1. The van der Waals surface area contributed by atoms with Crippen molar-refractivity contribution < 1.29 is 9.90 Å². The molecule has 0 radical (unpaired) electrons. The first-order valence-corrected chi connectivity index (χ1v) is 10.7. The molecule has 1 amide bonds. The molecule has 3 aromatic heterocycles. The van der Waals surface area contributed by atoms with Crippen LogP contribution in [0, 0.1) is 0 Å². The fourth-order valence-electron chi connectivity index (χ4n) is 2.96. The van der Waals surface area contributed by atoms with Crippen molar-refractivity contribution in [3.8, 4) is 16.5 Å². The molecule has 8 heteroatoms. The fraction of sp³-hybridized carbons (Fsp3) is 0.0952. The SMILES string of the molecule is O=C(NC(Cc1ccccc1)c1ccsc1)c1nc(-c2cccs2)[nH]c(=O)c1O. The van der Waals surface area contributed by atoms with Gasteiger partial charge in [0, 0.05) is 0 Å². The van der Waals surface area contributed by atoms with Gasteiger partial charge in [0.05, 0.1) is 10.9 Å². The molecule has 0 aliphatic carbocycles. The highest BCUT2D eigenvalue weighted by Crippen LogP contribution is 2.24. The smallest absolute Gasteiger partial charge is 0.294 e. The Balaban J connectivity index is 1.65. The molecule has 6 nitrogen and oxygen atoms in total. The Morgan fingerprint density at radius 1 is 1.14 bits per heavy atom. The predicted molar refractivity (Wildman–Crippen MR) is 115 cm³/mol. The monoisotopic (exact) mass is 423 g/mol. The maximum Gasteiger partial charge on any atom is 0.294 e. The van der Waals surface area contributed by atoms with E-state index in [4.69, 9.17) is 0 Å². The van der Waals surface area contributed by atoms with E-state index in [2.05, 4.69) is 15.3 Å². The Hall–Kier alpha value is -3.23. The lowest BCUT2D eigenvalue weighted by Crippen LogP contribution is -2.31. The Kier molecular flexibility index (Phi) is 5.55. The number of benzene rings is 1. The number of aromatic amines is 1. The van der Waals surface area contributed by atoms with Crippen LogP contribution in [-0.2, 0) is 6.42 Å². The molecule has 3 heterocycles. The molecule has 3 N–H and O–H groups in total. The Labute approximate surface area is 174 Å². The minimum absolute atomic E-state index is 0.253. The van der Waals surface area contributed by atoms with E-state index in [9.17, 15) is 14.7 Å². The minimum atomic E-state index is -0.747. The van der Waals surface area contributed by atoms with Crippen molar-refractivity contribution in [1.29, 1.82) is 0 Å². The first-order valence-electron chi connectivity index (χ1n) is 8.86. The van der Waals surface area contributed by atoms with E-state index in [-0.39, 0.29) is 17.6 Å². The second-order valence-corrected chi connectivity index (χ2v) is 8.09. The number of hydrogen-bond acceptors (Lipinski definition) is 6. The number of aromatic nitrogens is 2. The molecule has 0 spiro atoms. The molecule has 0 bridgehead atoms. The number of thiophene rings is 2. The van der Waals surface area contributed by atoms with Crippen LogP contribution in [0.4, 0.5) is 0 Å². The van der Waals surface area contributed by atoms with Crippen LogP contribution in [0.5, 0.6) is 5.75 Å². The van der Waals surface area contributed by atoms with Gasteiger partial charge in [0.1, 0.15) is 0 Å². The molecule has 29 heavy (non-hydrogen) atoms. The van der Waals surface area contributed by atoms with Gasteiger partial charge in [0.25, 0.3) is 11.5 Å². The quantitative estimate of drug-likeness (QED) is 0.437. The molecular weight excluding hydrogens is 406 g/mol. The highest BCUT2D eigenvalue weighted by molar-refractivity contribution is 7.13. The van der Waals surface area contributed by atoms with Crippen molar-refractivity contribution in [2.45, 2.75) is 12.5 Å². The Morgan fingerprint density at radius 2 is 1.97 bits per heavy atom. The van der Waals surface area contributed by atoms with Crippen LogP contribution in [0.2, 0.25) is 0 Å². The van der Waals surface area contributed by atoms with Gasteiger partial charge in [-0.05, 0) is 45.8 Å². The van der Waals surface area contributed by atoms with E-state index in [1.54, 1.807) is 6.07 Å².